The first-order chi connectivity index (χ1) is 7.57. The summed E-state index contributed by atoms with van der Waals surface area (Å²) in [7, 11) is 0. The molecule has 16 heavy (non-hydrogen) atoms. The van der Waals surface area contributed by atoms with Crippen molar-refractivity contribution in [3.8, 4) is 0 Å². The predicted molar refractivity (Wildman–Crippen MR) is 63.4 cm³/mol. The van der Waals surface area contributed by atoms with E-state index in [1.807, 2.05) is 0 Å². The van der Waals surface area contributed by atoms with Crippen LogP contribution in [0.2, 0.25) is 0 Å². The normalized spacial score (nSPS) is 10.4. The molecule has 1 aromatic rings. The van der Waals surface area contributed by atoms with Gasteiger partial charge < -0.3 is 10.8 Å². The maximum atomic E-state index is 13.1. The fourth-order valence-corrected chi connectivity index (χ4v) is 2.40. The van der Waals surface area contributed by atoms with E-state index >= 15 is 0 Å². The molecule has 0 aromatic heterocycles. The van der Waals surface area contributed by atoms with Crippen LogP contribution in [0.4, 0.5) is 10.1 Å². The monoisotopic (exact) mass is 243 g/mol. The van der Waals surface area contributed by atoms with Crippen LogP contribution < -0.4 is 5.73 Å². The molecular formula is C11H14FNO2S. The first-order valence-electron chi connectivity index (χ1n) is 5.02. The molecule has 0 amide bonds. The van der Waals surface area contributed by atoms with Gasteiger partial charge in [-0.1, -0.05) is 13.3 Å². The molecule has 0 spiro atoms. The van der Waals surface area contributed by atoms with Gasteiger partial charge in [-0.2, -0.15) is 0 Å². The van der Waals surface area contributed by atoms with Gasteiger partial charge in [-0.3, -0.25) is 0 Å². The van der Waals surface area contributed by atoms with E-state index in [4.69, 9.17) is 10.8 Å². The highest BCUT2D eigenvalue weighted by Gasteiger charge is 2.17. The molecule has 1 rings (SSSR count). The molecule has 0 atom stereocenters. The molecule has 0 fully saturated rings. The van der Waals surface area contributed by atoms with E-state index in [1.165, 1.54) is 23.9 Å². The van der Waals surface area contributed by atoms with E-state index in [1.54, 1.807) is 0 Å². The van der Waals surface area contributed by atoms with Gasteiger partial charge in [0, 0.05) is 4.90 Å². The molecule has 0 aliphatic heterocycles. The summed E-state index contributed by atoms with van der Waals surface area (Å²) in [6.45, 7) is 2.05. The second-order valence-corrected chi connectivity index (χ2v) is 4.48. The number of halogens is 1. The number of carbonyl (C=O) groups is 1. The summed E-state index contributed by atoms with van der Waals surface area (Å²) in [5, 5.41) is 8.97. The van der Waals surface area contributed by atoms with E-state index in [-0.39, 0.29) is 11.3 Å². The van der Waals surface area contributed by atoms with Crippen molar-refractivity contribution in [2.24, 2.45) is 0 Å². The third-order valence-corrected chi connectivity index (χ3v) is 3.27. The third kappa shape index (κ3) is 2.88. The molecule has 0 heterocycles. The van der Waals surface area contributed by atoms with Gasteiger partial charge in [0.2, 0.25) is 0 Å². The predicted octanol–water partition coefficient (Wildman–Crippen LogP) is 3.00. The smallest absolute Gasteiger partial charge is 0.339 e. The Bertz CT molecular complexity index is 396. The molecule has 0 saturated carbocycles. The highest BCUT2D eigenvalue weighted by molar-refractivity contribution is 7.99. The van der Waals surface area contributed by atoms with Crippen molar-refractivity contribution < 1.29 is 14.3 Å². The Morgan fingerprint density at radius 2 is 2.25 bits per heavy atom. The highest BCUT2D eigenvalue weighted by atomic mass is 32.2. The molecule has 0 saturated heterocycles. The minimum atomic E-state index is -1.18. The topological polar surface area (TPSA) is 63.3 Å². The van der Waals surface area contributed by atoms with Crippen LogP contribution >= 0.6 is 11.8 Å². The van der Waals surface area contributed by atoms with E-state index < -0.39 is 11.8 Å². The molecular weight excluding hydrogens is 229 g/mol. The number of nitrogen functional groups attached to an aromatic ring is 1. The lowest BCUT2D eigenvalue weighted by atomic mass is 10.2. The lowest BCUT2D eigenvalue weighted by molar-refractivity contribution is 0.0694. The Balaban J connectivity index is 2.99. The van der Waals surface area contributed by atoms with Gasteiger partial charge in [-0.05, 0) is 24.3 Å². The molecule has 1 aromatic carbocycles. The number of hydrogen-bond acceptors (Lipinski definition) is 3. The van der Waals surface area contributed by atoms with E-state index in [9.17, 15) is 9.18 Å². The Morgan fingerprint density at radius 1 is 1.56 bits per heavy atom. The summed E-state index contributed by atoms with van der Waals surface area (Å²) in [5.41, 5.74) is 5.01. The zero-order valence-electron chi connectivity index (χ0n) is 9.00. The lowest BCUT2D eigenvalue weighted by Gasteiger charge is -2.08. The van der Waals surface area contributed by atoms with Crippen LogP contribution in [0, 0.1) is 5.82 Å². The van der Waals surface area contributed by atoms with Crippen LogP contribution in [-0.4, -0.2) is 16.8 Å². The number of rotatable bonds is 5. The molecule has 3 N–H and O–H groups in total. The van der Waals surface area contributed by atoms with Crippen LogP contribution in [0.15, 0.2) is 17.0 Å². The average molecular weight is 243 g/mol. The van der Waals surface area contributed by atoms with Crippen molar-refractivity contribution in [2.75, 3.05) is 11.5 Å². The van der Waals surface area contributed by atoms with Gasteiger partial charge in [-0.25, -0.2) is 9.18 Å². The van der Waals surface area contributed by atoms with Crippen molar-refractivity contribution in [3.05, 3.63) is 23.5 Å². The van der Waals surface area contributed by atoms with Crippen LogP contribution in [-0.2, 0) is 0 Å². The van der Waals surface area contributed by atoms with Crippen LogP contribution in [0.3, 0.4) is 0 Å². The van der Waals surface area contributed by atoms with Crippen LogP contribution in [0.1, 0.15) is 30.1 Å². The Labute approximate surface area is 97.8 Å². The summed E-state index contributed by atoms with van der Waals surface area (Å²) in [5.74, 6) is -1.06. The molecule has 5 heteroatoms. The largest absolute Gasteiger partial charge is 0.478 e. The Morgan fingerprint density at radius 3 is 2.81 bits per heavy atom. The molecule has 88 valence electrons. The fourth-order valence-electron chi connectivity index (χ4n) is 1.24. The number of thioether (sulfide) groups is 1. The van der Waals surface area contributed by atoms with E-state index in [2.05, 4.69) is 6.92 Å². The van der Waals surface area contributed by atoms with Crippen molar-refractivity contribution in [1.29, 1.82) is 0 Å². The summed E-state index contributed by atoms with van der Waals surface area (Å²) in [4.78, 5) is 11.5. The number of anilines is 1. The first kappa shape index (κ1) is 12.8. The molecule has 0 bridgehead atoms. The zero-order valence-corrected chi connectivity index (χ0v) is 9.81. The minimum Gasteiger partial charge on any atom is -0.478 e. The second-order valence-electron chi connectivity index (χ2n) is 3.34. The van der Waals surface area contributed by atoms with Gasteiger partial charge in [0.05, 0.1) is 11.3 Å². The molecule has 0 unspecified atom stereocenters. The minimum absolute atomic E-state index is 0.124. The van der Waals surface area contributed by atoms with E-state index in [0.717, 1.165) is 18.6 Å². The Kier molecular flexibility index (Phi) is 4.61. The summed E-state index contributed by atoms with van der Waals surface area (Å²) in [6.07, 6.45) is 2.02. The standard InChI is InChI=1S/C11H14FNO2S/c1-2-3-6-16-8-5-4-7(12)10(13)9(8)11(14)15/h4-5H,2-3,6,13H2,1H3,(H,14,15). The molecule has 0 aliphatic rings. The molecule has 0 aliphatic carbocycles. The highest BCUT2D eigenvalue weighted by Crippen LogP contribution is 2.29. The summed E-state index contributed by atoms with van der Waals surface area (Å²) >= 11 is 1.40. The number of benzene rings is 1. The molecule has 0 radical (unpaired) electrons. The van der Waals surface area contributed by atoms with Crippen molar-refractivity contribution >= 4 is 23.4 Å². The first-order valence-corrected chi connectivity index (χ1v) is 6.00. The number of aromatic carboxylic acids is 1. The van der Waals surface area contributed by atoms with Crippen LogP contribution in [0.5, 0.6) is 0 Å². The number of carboxylic acid groups (broad SMARTS) is 1. The quantitative estimate of drug-likeness (QED) is 0.474. The van der Waals surface area contributed by atoms with Gasteiger partial charge in [-0.15, -0.1) is 11.8 Å². The van der Waals surface area contributed by atoms with Crippen molar-refractivity contribution in [3.63, 3.8) is 0 Å². The number of carboxylic acids is 1. The number of hydrogen-bond donors (Lipinski definition) is 2. The maximum absolute atomic E-state index is 13.1. The van der Waals surface area contributed by atoms with Crippen molar-refractivity contribution in [2.45, 2.75) is 24.7 Å². The van der Waals surface area contributed by atoms with Crippen LogP contribution in [0.25, 0.3) is 0 Å². The average Bonchev–Trinajstić information content (AvgIpc) is 2.23. The van der Waals surface area contributed by atoms with E-state index in [0.29, 0.717) is 4.90 Å². The SMILES string of the molecule is CCCCSc1ccc(F)c(N)c1C(=O)O. The van der Waals surface area contributed by atoms with Gasteiger partial charge in [0.15, 0.2) is 0 Å². The second kappa shape index (κ2) is 5.75. The summed E-state index contributed by atoms with van der Waals surface area (Å²) < 4.78 is 13.1. The summed E-state index contributed by atoms with van der Waals surface area (Å²) in [6, 6.07) is 2.67. The zero-order chi connectivity index (χ0) is 12.1. The number of nitrogens with two attached hydrogens (primary N) is 1. The molecule has 3 nitrogen and oxygen atoms in total. The lowest BCUT2D eigenvalue weighted by Crippen LogP contribution is -2.06. The Hall–Kier alpha value is -1.23. The van der Waals surface area contributed by atoms with Crippen molar-refractivity contribution in [1.82, 2.24) is 0 Å². The van der Waals surface area contributed by atoms with Gasteiger partial charge in [0.1, 0.15) is 5.82 Å². The third-order valence-electron chi connectivity index (χ3n) is 2.12. The van der Waals surface area contributed by atoms with Gasteiger partial charge >= 0.3 is 5.97 Å². The number of unbranched alkanes of at least 4 members (excludes halogenated alkanes) is 1. The van der Waals surface area contributed by atoms with Gasteiger partial charge in [0.25, 0.3) is 0 Å². The maximum Gasteiger partial charge on any atom is 0.339 e. The fraction of sp³-hybridized carbons (Fsp3) is 0.364.